The normalized spacial score (nSPS) is 11.9. The number of nitrogens with one attached hydrogen (secondary N) is 1. The first-order valence-corrected chi connectivity index (χ1v) is 9.97. The Morgan fingerprint density at radius 1 is 1.10 bits per heavy atom. The number of aryl methyl sites for hydroxylation is 2. The summed E-state index contributed by atoms with van der Waals surface area (Å²) >= 11 is 0. The van der Waals surface area contributed by atoms with Crippen molar-refractivity contribution in [3.8, 4) is 22.8 Å². The molecule has 0 unspecified atom stereocenters. The second-order valence-electron chi connectivity index (χ2n) is 7.26. The number of amides is 1. The molecular formula is C24H24N4O3. The van der Waals surface area contributed by atoms with E-state index in [1.54, 1.807) is 30.8 Å². The Kier molecular flexibility index (Phi) is 5.58. The molecule has 158 valence electrons. The van der Waals surface area contributed by atoms with E-state index in [1.165, 1.54) is 0 Å². The van der Waals surface area contributed by atoms with E-state index in [2.05, 4.69) is 15.4 Å². The maximum Gasteiger partial charge on any atom is 0.265 e. The van der Waals surface area contributed by atoms with Crippen LogP contribution in [0.3, 0.4) is 0 Å². The maximum absolute atomic E-state index is 12.7. The predicted molar refractivity (Wildman–Crippen MR) is 120 cm³/mol. The van der Waals surface area contributed by atoms with Crippen molar-refractivity contribution in [2.75, 3.05) is 12.4 Å². The molecule has 2 aromatic heterocycles. The third-order valence-corrected chi connectivity index (χ3v) is 5.03. The van der Waals surface area contributed by atoms with Crippen LogP contribution in [0.4, 0.5) is 5.69 Å². The monoisotopic (exact) mass is 416 g/mol. The zero-order valence-corrected chi connectivity index (χ0v) is 17.9. The van der Waals surface area contributed by atoms with Crippen molar-refractivity contribution in [3.05, 3.63) is 66.4 Å². The summed E-state index contributed by atoms with van der Waals surface area (Å²) in [6.07, 6.45) is -0.755. The summed E-state index contributed by atoms with van der Waals surface area (Å²) in [6, 6.07) is 19.0. The van der Waals surface area contributed by atoms with E-state index < -0.39 is 6.10 Å². The number of pyridine rings is 1. The Morgan fingerprint density at radius 2 is 1.87 bits per heavy atom. The minimum atomic E-state index is -0.755. The number of aromatic nitrogens is 3. The third kappa shape index (κ3) is 4.21. The summed E-state index contributed by atoms with van der Waals surface area (Å²) in [4.78, 5) is 17.3. The maximum atomic E-state index is 12.7. The van der Waals surface area contributed by atoms with Crippen molar-refractivity contribution < 1.29 is 14.3 Å². The van der Waals surface area contributed by atoms with Gasteiger partial charge in [0.1, 0.15) is 5.75 Å². The summed E-state index contributed by atoms with van der Waals surface area (Å²) < 4.78 is 12.9. The molecule has 0 aliphatic heterocycles. The largest absolute Gasteiger partial charge is 0.497 e. The van der Waals surface area contributed by atoms with Gasteiger partial charge in [-0.3, -0.25) is 9.48 Å². The van der Waals surface area contributed by atoms with Gasteiger partial charge in [0.05, 0.1) is 18.2 Å². The molecule has 0 spiro atoms. The molecule has 2 heterocycles. The van der Waals surface area contributed by atoms with E-state index in [-0.39, 0.29) is 5.91 Å². The molecule has 2 aromatic carbocycles. The summed E-state index contributed by atoms with van der Waals surface area (Å²) in [5.74, 6) is 0.748. The highest BCUT2D eigenvalue weighted by molar-refractivity contribution is 5.96. The first-order valence-electron chi connectivity index (χ1n) is 9.97. The van der Waals surface area contributed by atoms with Crippen LogP contribution in [0.2, 0.25) is 0 Å². The first-order chi connectivity index (χ1) is 15.0. The van der Waals surface area contributed by atoms with E-state index in [9.17, 15) is 4.79 Å². The fourth-order valence-electron chi connectivity index (χ4n) is 3.51. The van der Waals surface area contributed by atoms with Crippen LogP contribution in [-0.2, 0) is 11.8 Å². The van der Waals surface area contributed by atoms with Crippen LogP contribution in [0.25, 0.3) is 22.2 Å². The molecule has 0 saturated heterocycles. The van der Waals surface area contributed by atoms with E-state index in [1.807, 2.05) is 62.5 Å². The summed E-state index contributed by atoms with van der Waals surface area (Å²) in [6.45, 7) is 3.65. The van der Waals surface area contributed by atoms with E-state index in [0.717, 1.165) is 22.2 Å². The molecule has 31 heavy (non-hydrogen) atoms. The number of hydrogen-bond acceptors (Lipinski definition) is 5. The zero-order chi connectivity index (χ0) is 22.0. The number of ether oxygens (including phenoxy) is 2. The van der Waals surface area contributed by atoms with Crippen LogP contribution in [-0.4, -0.2) is 33.9 Å². The van der Waals surface area contributed by atoms with Gasteiger partial charge >= 0.3 is 0 Å². The number of nitrogens with zero attached hydrogens (tertiary/aromatic N) is 3. The molecule has 4 rings (SSSR count). The van der Waals surface area contributed by atoms with Crippen molar-refractivity contribution in [1.29, 1.82) is 0 Å². The summed E-state index contributed by atoms with van der Waals surface area (Å²) in [5.41, 5.74) is 4.22. The molecule has 0 saturated carbocycles. The minimum absolute atomic E-state index is 0.280. The number of rotatable bonds is 6. The number of hydrogen-bond donors (Lipinski definition) is 1. The molecule has 7 nitrogen and oxygen atoms in total. The highest BCUT2D eigenvalue weighted by Crippen LogP contribution is 2.33. The lowest BCUT2D eigenvalue weighted by molar-refractivity contribution is -0.122. The van der Waals surface area contributed by atoms with Gasteiger partial charge in [0, 0.05) is 24.9 Å². The fraction of sp³-hybridized carbons (Fsp3) is 0.208. The standard InChI is InChI=1S/C24H24N4O3/c1-15-22-20(17-9-6-5-7-10-17)14-21(26-23(22)28(3)27-15)31-16(2)24(29)25-18-11-8-12-19(13-18)30-4/h5-14,16H,1-4H3,(H,25,29)/t16-/m0/s1. The Morgan fingerprint density at radius 3 is 2.61 bits per heavy atom. The number of carbonyl (C=O) groups is 1. The van der Waals surface area contributed by atoms with E-state index >= 15 is 0 Å². The number of fused-ring (bicyclic) bond motifs is 1. The first kappa shape index (κ1) is 20.4. The van der Waals surface area contributed by atoms with Crippen LogP contribution in [0.5, 0.6) is 11.6 Å². The highest BCUT2D eigenvalue weighted by atomic mass is 16.5. The van der Waals surface area contributed by atoms with Crippen molar-refractivity contribution in [2.24, 2.45) is 7.05 Å². The molecule has 4 aromatic rings. The highest BCUT2D eigenvalue weighted by Gasteiger charge is 2.20. The van der Waals surface area contributed by atoms with Crippen molar-refractivity contribution in [3.63, 3.8) is 0 Å². The van der Waals surface area contributed by atoms with Gasteiger partial charge in [-0.1, -0.05) is 36.4 Å². The van der Waals surface area contributed by atoms with Crippen LogP contribution in [0.1, 0.15) is 12.6 Å². The van der Waals surface area contributed by atoms with Gasteiger partial charge < -0.3 is 14.8 Å². The molecule has 1 N–H and O–H groups in total. The summed E-state index contributed by atoms with van der Waals surface area (Å²) in [5, 5.41) is 8.32. The van der Waals surface area contributed by atoms with Gasteiger partial charge in [0.15, 0.2) is 11.8 Å². The Hall–Kier alpha value is -3.87. The molecule has 1 amide bonds. The quantitative estimate of drug-likeness (QED) is 0.505. The Balaban J connectivity index is 1.63. The fourth-order valence-corrected chi connectivity index (χ4v) is 3.51. The molecule has 0 aliphatic carbocycles. The molecule has 0 radical (unpaired) electrons. The SMILES string of the molecule is COc1cccc(NC(=O)[C@H](C)Oc2cc(-c3ccccc3)c3c(C)nn(C)c3n2)c1. The van der Waals surface area contributed by atoms with Crippen LogP contribution in [0.15, 0.2) is 60.7 Å². The minimum Gasteiger partial charge on any atom is -0.497 e. The number of benzene rings is 2. The molecular weight excluding hydrogens is 392 g/mol. The molecule has 7 heteroatoms. The second-order valence-corrected chi connectivity index (χ2v) is 7.26. The lowest BCUT2D eigenvalue weighted by Gasteiger charge is -2.16. The average molecular weight is 416 g/mol. The van der Waals surface area contributed by atoms with Gasteiger partial charge in [0.2, 0.25) is 5.88 Å². The van der Waals surface area contributed by atoms with Crippen molar-refractivity contribution in [2.45, 2.75) is 20.0 Å². The van der Waals surface area contributed by atoms with Gasteiger partial charge in [-0.25, -0.2) is 0 Å². The number of carbonyl (C=O) groups excluding carboxylic acids is 1. The van der Waals surface area contributed by atoms with Gasteiger partial charge in [-0.15, -0.1) is 0 Å². The topological polar surface area (TPSA) is 78.3 Å². The van der Waals surface area contributed by atoms with E-state index in [4.69, 9.17) is 9.47 Å². The number of anilines is 1. The summed E-state index contributed by atoms with van der Waals surface area (Å²) in [7, 11) is 3.43. The van der Waals surface area contributed by atoms with Crippen LogP contribution >= 0.6 is 0 Å². The average Bonchev–Trinajstić information content (AvgIpc) is 3.07. The molecule has 0 fully saturated rings. The molecule has 0 aliphatic rings. The van der Waals surface area contributed by atoms with Crippen molar-refractivity contribution >= 4 is 22.6 Å². The van der Waals surface area contributed by atoms with E-state index in [0.29, 0.717) is 23.0 Å². The smallest absolute Gasteiger partial charge is 0.265 e. The Labute approximate surface area is 180 Å². The van der Waals surface area contributed by atoms with Gasteiger partial charge in [0.25, 0.3) is 5.91 Å². The van der Waals surface area contributed by atoms with Gasteiger partial charge in [-0.05, 0) is 37.1 Å². The lowest BCUT2D eigenvalue weighted by Crippen LogP contribution is -2.30. The van der Waals surface area contributed by atoms with Crippen molar-refractivity contribution in [1.82, 2.24) is 14.8 Å². The predicted octanol–water partition coefficient (Wildman–Crippen LogP) is 4.36. The molecule has 0 bridgehead atoms. The molecule has 1 atom stereocenters. The lowest BCUT2D eigenvalue weighted by atomic mass is 10.0. The third-order valence-electron chi connectivity index (χ3n) is 5.03. The van der Waals surface area contributed by atoms with Crippen LogP contribution in [0, 0.1) is 6.92 Å². The zero-order valence-electron chi connectivity index (χ0n) is 17.9. The van der Waals surface area contributed by atoms with Gasteiger partial charge in [-0.2, -0.15) is 10.1 Å². The second kappa shape index (κ2) is 8.47. The van der Waals surface area contributed by atoms with Crippen LogP contribution < -0.4 is 14.8 Å². The Bertz CT molecular complexity index is 1230. The number of methoxy groups -OCH3 is 1.